The van der Waals surface area contributed by atoms with Gasteiger partial charge in [-0.2, -0.15) is 0 Å². The largest absolute Gasteiger partial charge is 0.331 e. The molecule has 0 aromatic heterocycles. The maximum atomic E-state index is 11.8. The van der Waals surface area contributed by atoms with E-state index in [0.29, 0.717) is 12.8 Å². The van der Waals surface area contributed by atoms with Gasteiger partial charge >= 0.3 is 6.03 Å². The van der Waals surface area contributed by atoms with Crippen molar-refractivity contribution in [3.05, 3.63) is 11.6 Å². The SMILES string of the molecule is C=C(Cl)CN1C(=O)NC(=O)C(CCC)C1=O. The first-order valence-corrected chi connectivity index (χ1v) is 5.34. The lowest BCUT2D eigenvalue weighted by molar-refractivity contribution is -0.142. The number of imide groups is 2. The molecule has 1 saturated heterocycles. The molecule has 5 nitrogen and oxygen atoms in total. The van der Waals surface area contributed by atoms with E-state index in [9.17, 15) is 14.4 Å². The third kappa shape index (κ3) is 2.61. The third-order valence-electron chi connectivity index (χ3n) is 2.26. The van der Waals surface area contributed by atoms with E-state index in [1.54, 1.807) is 0 Å². The summed E-state index contributed by atoms with van der Waals surface area (Å²) in [6.45, 7) is 5.21. The summed E-state index contributed by atoms with van der Waals surface area (Å²) in [4.78, 5) is 35.5. The molecule has 1 N–H and O–H groups in total. The first-order valence-electron chi connectivity index (χ1n) is 4.96. The van der Waals surface area contributed by atoms with Crippen LogP contribution in [0, 0.1) is 5.92 Å². The van der Waals surface area contributed by atoms with E-state index in [1.807, 2.05) is 6.92 Å². The van der Waals surface area contributed by atoms with Gasteiger partial charge in [0.15, 0.2) is 0 Å². The number of nitrogens with one attached hydrogen (secondary N) is 1. The summed E-state index contributed by atoms with van der Waals surface area (Å²) in [5.41, 5.74) is 0. The molecule has 1 heterocycles. The Labute approximate surface area is 98.4 Å². The monoisotopic (exact) mass is 244 g/mol. The summed E-state index contributed by atoms with van der Waals surface area (Å²) in [7, 11) is 0. The van der Waals surface area contributed by atoms with Crippen LogP contribution in [0.25, 0.3) is 0 Å². The zero-order chi connectivity index (χ0) is 12.3. The molecule has 0 aromatic carbocycles. The molecule has 6 heteroatoms. The van der Waals surface area contributed by atoms with Gasteiger partial charge in [0.1, 0.15) is 5.92 Å². The molecule has 88 valence electrons. The molecule has 1 aliphatic rings. The van der Waals surface area contributed by atoms with Crippen molar-refractivity contribution in [3.8, 4) is 0 Å². The molecule has 16 heavy (non-hydrogen) atoms. The molecule has 1 unspecified atom stereocenters. The van der Waals surface area contributed by atoms with Crippen LogP contribution in [0.4, 0.5) is 4.79 Å². The molecule has 0 saturated carbocycles. The molecule has 0 aromatic rings. The lowest BCUT2D eigenvalue weighted by Gasteiger charge is -2.29. The number of hydrogen-bond donors (Lipinski definition) is 1. The van der Waals surface area contributed by atoms with E-state index in [0.717, 1.165) is 4.90 Å². The Kier molecular flexibility index (Phi) is 4.06. The molecule has 0 spiro atoms. The second-order valence-corrected chi connectivity index (χ2v) is 4.11. The summed E-state index contributed by atoms with van der Waals surface area (Å²) < 4.78 is 0. The minimum atomic E-state index is -0.793. The van der Waals surface area contributed by atoms with Gasteiger partial charge in [-0.1, -0.05) is 31.5 Å². The fourth-order valence-corrected chi connectivity index (χ4v) is 1.64. The van der Waals surface area contributed by atoms with Gasteiger partial charge in [0.2, 0.25) is 11.8 Å². The topological polar surface area (TPSA) is 66.5 Å². The van der Waals surface area contributed by atoms with Crippen molar-refractivity contribution in [3.63, 3.8) is 0 Å². The van der Waals surface area contributed by atoms with Crippen molar-refractivity contribution < 1.29 is 14.4 Å². The van der Waals surface area contributed by atoms with Crippen LogP contribution in [0.15, 0.2) is 11.6 Å². The summed E-state index contributed by atoms with van der Waals surface area (Å²) in [6, 6.07) is -0.732. The Morgan fingerprint density at radius 2 is 2.12 bits per heavy atom. The van der Waals surface area contributed by atoms with Gasteiger partial charge in [0.05, 0.1) is 6.54 Å². The maximum Gasteiger partial charge on any atom is 0.331 e. The average molecular weight is 245 g/mol. The van der Waals surface area contributed by atoms with Gasteiger partial charge in [-0.05, 0) is 6.42 Å². The molecule has 1 aliphatic heterocycles. The molecule has 0 bridgehead atoms. The smallest absolute Gasteiger partial charge is 0.277 e. The Hall–Kier alpha value is -1.36. The fourth-order valence-electron chi connectivity index (χ4n) is 1.52. The van der Waals surface area contributed by atoms with Gasteiger partial charge in [-0.25, -0.2) is 4.79 Å². The quantitative estimate of drug-likeness (QED) is 0.757. The Bertz CT molecular complexity index is 354. The van der Waals surface area contributed by atoms with Crippen molar-refractivity contribution in [2.24, 2.45) is 5.92 Å². The molecular formula is C10H13ClN2O3. The highest BCUT2D eigenvalue weighted by Gasteiger charge is 2.39. The van der Waals surface area contributed by atoms with E-state index in [4.69, 9.17) is 11.6 Å². The number of nitrogens with zero attached hydrogens (tertiary/aromatic N) is 1. The van der Waals surface area contributed by atoms with Crippen LogP contribution in [0.2, 0.25) is 0 Å². The number of barbiturate groups is 1. The van der Waals surface area contributed by atoms with E-state index in [2.05, 4.69) is 11.9 Å². The van der Waals surface area contributed by atoms with Gasteiger partial charge in [-0.15, -0.1) is 0 Å². The molecule has 0 radical (unpaired) electrons. The summed E-state index contributed by atoms with van der Waals surface area (Å²) >= 11 is 5.55. The van der Waals surface area contributed by atoms with Gasteiger partial charge in [0.25, 0.3) is 0 Å². The lowest BCUT2D eigenvalue weighted by atomic mass is 9.99. The fraction of sp³-hybridized carbons (Fsp3) is 0.500. The molecular weight excluding hydrogens is 232 g/mol. The Morgan fingerprint density at radius 3 is 2.62 bits per heavy atom. The van der Waals surface area contributed by atoms with Crippen LogP contribution >= 0.6 is 11.6 Å². The number of halogens is 1. The van der Waals surface area contributed by atoms with Crippen LogP contribution in [-0.4, -0.2) is 29.3 Å². The lowest BCUT2D eigenvalue weighted by Crippen LogP contribution is -2.58. The predicted molar refractivity (Wildman–Crippen MR) is 58.6 cm³/mol. The van der Waals surface area contributed by atoms with Crippen LogP contribution < -0.4 is 5.32 Å². The van der Waals surface area contributed by atoms with Gasteiger partial charge in [0, 0.05) is 5.03 Å². The van der Waals surface area contributed by atoms with Crippen LogP contribution in [0.5, 0.6) is 0 Å². The summed E-state index contributed by atoms with van der Waals surface area (Å²) in [5, 5.41) is 2.30. The van der Waals surface area contributed by atoms with Crippen molar-refractivity contribution in [2.45, 2.75) is 19.8 Å². The van der Waals surface area contributed by atoms with E-state index < -0.39 is 23.8 Å². The third-order valence-corrected chi connectivity index (χ3v) is 2.38. The number of amides is 4. The second-order valence-electron chi connectivity index (χ2n) is 3.58. The zero-order valence-corrected chi connectivity index (χ0v) is 9.71. The standard InChI is InChI=1S/C10H13ClN2O3/c1-3-4-7-8(14)12-10(16)13(9(7)15)5-6(2)11/h7H,2-5H2,1H3,(H,12,14,16). The molecule has 1 atom stereocenters. The summed E-state index contributed by atoms with van der Waals surface area (Å²) in [6.07, 6.45) is 1.11. The molecule has 1 fully saturated rings. The van der Waals surface area contributed by atoms with Gasteiger partial charge < -0.3 is 0 Å². The average Bonchev–Trinajstić information content (AvgIpc) is 2.19. The molecule has 4 amide bonds. The molecule has 1 rings (SSSR count). The predicted octanol–water partition coefficient (Wildman–Crippen LogP) is 1.23. The van der Waals surface area contributed by atoms with Crippen molar-refractivity contribution >= 4 is 29.4 Å². The first-order chi connectivity index (χ1) is 7.47. The highest BCUT2D eigenvalue weighted by Crippen LogP contribution is 2.17. The second kappa shape index (κ2) is 5.12. The van der Waals surface area contributed by atoms with E-state index in [1.165, 1.54) is 0 Å². The van der Waals surface area contributed by atoms with Crippen molar-refractivity contribution in [1.82, 2.24) is 10.2 Å². The van der Waals surface area contributed by atoms with E-state index in [-0.39, 0.29) is 11.6 Å². The number of carbonyl (C=O) groups is 3. The Balaban J connectivity index is 2.85. The minimum Gasteiger partial charge on any atom is -0.277 e. The van der Waals surface area contributed by atoms with Crippen LogP contribution in [0.1, 0.15) is 19.8 Å². The van der Waals surface area contributed by atoms with Gasteiger partial charge in [-0.3, -0.25) is 19.8 Å². The highest BCUT2D eigenvalue weighted by atomic mass is 35.5. The normalized spacial score (nSPS) is 21.0. The summed E-state index contributed by atoms with van der Waals surface area (Å²) in [5.74, 6) is -1.83. The zero-order valence-electron chi connectivity index (χ0n) is 8.96. The highest BCUT2D eigenvalue weighted by molar-refractivity contribution is 6.30. The number of rotatable bonds is 4. The van der Waals surface area contributed by atoms with Crippen LogP contribution in [0.3, 0.4) is 0 Å². The first kappa shape index (κ1) is 12.7. The van der Waals surface area contributed by atoms with Crippen molar-refractivity contribution in [1.29, 1.82) is 0 Å². The minimum absolute atomic E-state index is 0.0697. The number of hydrogen-bond acceptors (Lipinski definition) is 3. The number of carbonyl (C=O) groups excluding carboxylic acids is 3. The Morgan fingerprint density at radius 1 is 1.50 bits per heavy atom. The maximum absolute atomic E-state index is 11.8. The number of urea groups is 1. The van der Waals surface area contributed by atoms with Crippen molar-refractivity contribution in [2.75, 3.05) is 6.54 Å². The van der Waals surface area contributed by atoms with Crippen LogP contribution in [-0.2, 0) is 9.59 Å². The van der Waals surface area contributed by atoms with E-state index >= 15 is 0 Å². The molecule has 0 aliphatic carbocycles.